The summed E-state index contributed by atoms with van der Waals surface area (Å²) in [5, 5.41) is 11.3. The maximum absolute atomic E-state index is 13.2. The molecule has 7 heteroatoms. The van der Waals surface area contributed by atoms with Crippen molar-refractivity contribution in [1.29, 1.82) is 0 Å². The number of ketones is 1. The van der Waals surface area contributed by atoms with E-state index in [2.05, 4.69) is 18.7 Å². The molecule has 3 rings (SSSR count). The molecule has 0 aliphatic carbocycles. The number of likely N-dealkylation sites (tertiary alicyclic amines) is 1. The zero-order chi connectivity index (χ0) is 25.4. The van der Waals surface area contributed by atoms with Crippen molar-refractivity contribution in [2.75, 3.05) is 39.4 Å². The predicted octanol–water partition coefficient (Wildman–Crippen LogP) is 4.64. The fourth-order valence-corrected chi connectivity index (χ4v) is 4.27. The van der Waals surface area contributed by atoms with E-state index in [4.69, 9.17) is 9.47 Å². The van der Waals surface area contributed by atoms with E-state index in [1.54, 1.807) is 29.2 Å². The van der Waals surface area contributed by atoms with Crippen LogP contribution in [-0.2, 0) is 9.59 Å². The molecule has 0 unspecified atom stereocenters. The highest BCUT2D eigenvalue weighted by Gasteiger charge is 2.46. The van der Waals surface area contributed by atoms with E-state index in [1.165, 1.54) is 0 Å². The van der Waals surface area contributed by atoms with Gasteiger partial charge < -0.3 is 24.4 Å². The number of nitrogens with zero attached hydrogens (tertiary/aromatic N) is 2. The highest BCUT2D eigenvalue weighted by Crippen LogP contribution is 2.40. The average molecular weight is 481 g/mol. The lowest BCUT2D eigenvalue weighted by molar-refractivity contribution is -0.140. The predicted molar refractivity (Wildman–Crippen MR) is 137 cm³/mol. The molecule has 35 heavy (non-hydrogen) atoms. The Morgan fingerprint density at radius 1 is 0.971 bits per heavy atom. The Bertz CT molecular complexity index is 1040. The third kappa shape index (κ3) is 6.03. The zero-order valence-corrected chi connectivity index (χ0v) is 21.1. The summed E-state index contributed by atoms with van der Waals surface area (Å²) >= 11 is 0. The van der Waals surface area contributed by atoms with E-state index in [0.29, 0.717) is 43.4 Å². The first kappa shape index (κ1) is 26.3. The van der Waals surface area contributed by atoms with E-state index in [9.17, 15) is 14.7 Å². The van der Waals surface area contributed by atoms with Gasteiger partial charge in [-0.2, -0.15) is 0 Å². The fraction of sp³-hybridized carbons (Fsp3) is 0.429. The first-order valence-electron chi connectivity index (χ1n) is 12.4. The quantitative estimate of drug-likeness (QED) is 0.271. The monoisotopic (exact) mass is 480 g/mol. The molecule has 0 bridgehead atoms. The molecule has 0 spiro atoms. The molecule has 1 fully saturated rings. The summed E-state index contributed by atoms with van der Waals surface area (Å²) in [4.78, 5) is 30.2. The number of benzene rings is 2. The third-order valence-electron chi connectivity index (χ3n) is 6.18. The zero-order valence-electron chi connectivity index (χ0n) is 21.1. The minimum atomic E-state index is -0.706. The van der Waals surface area contributed by atoms with Gasteiger partial charge in [0.2, 0.25) is 0 Å². The summed E-state index contributed by atoms with van der Waals surface area (Å²) in [6.45, 7) is 11.8. The first-order valence-corrected chi connectivity index (χ1v) is 12.4. The lowest BCUT2D eigenvalue weighted by Crippen LogP contribution is -2.38. The second-order valence-electron chi connectivity index (χ2n) is 8.40. The van der Waals surface area contributed by atoms with Gasteiger partial charge in [0.15, 0.2) is 0 Å². The molecule has 7 nitrogen and oxygen atoms in total. The molecule has 1 aliphatic heterocycles. The highest BCUT2D eigenvalue weighted by atomic mass is 16.5. The molecular weight excluding hydrogens is 444 g/mol. The molecule has 2 aromatic carbocycles. The van der Waals surface area contributed by atoms with Gasteiger partial charge in [-0.05, 0) is 68.4 Å². The molecule has 1 saturated heterocycles. The number of carbonyl (C=O) groups excluding carboxylic acids is 2. The van der Waals surface area contributed by atoms with Crippen molar-refractivity contribution in [3.63, 3.8) is 0 Å². The Labute approximate surface area is 207 Å². The first-order chi connectivity index (χ1) is 16.9. The van der Waals surface area contributed by atoms with Crippen molar-refractivity contribution >= 4 is 17.4 Å². The lowest BCUT2D eigenvalue weighted by atomic mass is 9.95. The van der Waals surface area contributed by atoms with Gasteiger partial charge in [-0.25, -0.2) is 0 Å². The van der Waals surface area contributed by atoms with E-state index in [1.807, 2.05) is 38.1 Å². The van der Waals surface area contributed by atoms with Crippen LogP contribution in [0.4, 0.5) is 0 Å². The van der Waals surface area contributed by atoms with Crippen molar-refractivity contribution in [1.82, 2.24) is 9.80 Å². The number of ether oxygens (including phenoxy) is 2. The van der Waals surface area contributed by atoms with Crippen LogP contribution in [0.5, 0.6) is 11.5 Å². The van der Waals surface area contributed by atoms with Crippen LogP contribution >= 0.6 is 0 Å². The molecule has 2 aromatic rings. The van der Waals surface area contributed by atoms with Crippen molar-refractivity contribution in [3.05, 3.63) is 65.2 Å². The Balaban J connectivity index is 2.07. The van der Waals surface area contributed by atoms with Crippen LogP contribution in [0.25, 0.3) is 5.76 Å². The van der Waals surface area contributed by atoms with Crippen LogP contribution in [0.15, 0.2) is 54.1 Å². The number of aliphatic hydroxyl groups excluding tert-OH is 1. The van der Waals surface area contributed by atoms with E-state index in [-0.39, 0.29) is 11.3 Å². The van der Waals surface area contributed by atoms with E-state index >= 15 is 0 Å². The van der Waals surface area contributed by atoms with Gasteiger partial charge in [0, 0.05) is 18.7 Å². The molecule has 0 saturated carbocycles. The normalized spacial score (nSPS) is 17.3. The lowest BCUT2D eigenvalue weighted by Gasteiger charge is -2.28. The molecule has 1 amide bonds. The second kappa shape index (κ2) is 12.4. The number of hydrogen-bond donors (Lipinski definition) is 1. The SMILES string of the molecule is CCCOc1cccc([C@H]2C(=C(O)c3ccc(OCC)cc3)C(=O)C(=O)N2CCN(CC)CC)c1. The molecule has 0 aromatic heterocycles. The van der Waals surface area contributed by atoms with Gasteiger partial charge in [0.1, 0.15) is 17.3 Å². The molecule has 1 aliphatic rings. The number of carbonyl (C=O) groups is 2. The number of hydrogen-bond acceptors (Lipinski definition) is 6. The van der Waals surface area contributed by atoms with Crippen LogP contribution in [0.1, 0.15) is 51.3 Å². The maximum Gasteiger partial charge on any atom is 0.295 e. The smallest absolute Gasteiger partial charge is 0.295 e. The fourth-order valence-electron chi connectivity index (χ4n) is 4.27. The summed E-state index contributed by atoms with van der Waals surface area (Å²) in [5.74, 6) is -0.141. The van der Waals surface area contributed by atoms with Crippen molar-refractivity contribution in [2.24, 2.45) is 0 Å². The number of Topliss-reactive ketones (excluding diaryl/α,β-unsaturated/α-hetero) is 1. The highest BCUT2D eigenvalue weighted by molar-refractivity contribution is 6.46. The summed E-state index contributed by atoms with van der Waals surface area (Å²) in [6, 6.07) is 13.6. The Morgan fingerprint density at radius 3 is 2.31 bits per heavy atom. The van der Waals surface area contributed by atoms with Gasteiger partial charge in [0.05, 0.1) is 24.8 Å². The van der Waals surface area contributed by atoms with Crippen LogP contribution in [0.2, 0.25) is 0 Å². The summed E-state index contributed by atoms with van der Waals surface area (Å²) < 4.78 is 11.3. The Kier molecular flexibility index (Phi) is 9.32. The minimum absolute atomic E-state index is 0.0892. The van der Waals surface area contributed by atoms with Crippen LogP contribution in [0, 0.1) is 0 Å². The van der Waals surface area contributed by atoms with Crippen LogP contribution in [-0.4, -0.2) is 66.0 Å². The van der Waals surface area contributed by atoms with Crippen LogP contribution in [0.3, 0.4) is 0 Å². The molecule has 0 radical (unpaired) electrons. The summed E-state index contributed by atoms with van der Waals surface area (Å²) in [6.07, 6.45) is 0.865. The Morgan fingerprint density at radius 2 is 1.69 bits per heavy atom. The summed E-state index contributed by atoms with van der Waals surface area (Å²) in [7, 11) is 0. The topological polar surface area (TPSA) is 79.3 Å². The number of rotatable bonds is 12. The van der Waals surface area contributed by atoms with Crippen molar-refractivity contribution < 1.29 is 24.2 Å². The third-order valence-corrected chi connectivity index (χ3v) is 6.18. The van der Waals surface area contributed by atoms with Crippen molar-refractivity contribution in [2.45, 2.75) is 40.2 Å². The Hall–Kier alpha value is -3.32. The minimum Gasteiger partial charge on any atom is -0.507 e. The largest absolute Gasteiger partial charge is 0.507 e. The average Bonchev–Trinajstić information content (AvgIpc) is 3.13. The standard InChI is InChI=1S/C28H36N2O5/c1-5-18-35-23-11-9-10-21(19-23)25-24(26(31)20-12-14-22(15-13-20)34-8-4)27(32)28(33)30(25)17-16-29(6-2)7-3/h9-15,19,25,31H,5-8,16-18H2,1-4H3/t25-/m0/s1. The maximum atomic E-state index is 13.2. The van der Waals surface area contributed by atoms with Gasteiger partial charge in [-0.1, -0.05) is 32.9 Å². The molecule has 1 N–H and O–H groups in total. The van der Waals surface area contributed by atoms with Crippen LogP contribution < -0.4 is 9.47 Å². The molecule has 1 atom stereocenters. The molecular formula is C28H36N2O5. The van der Waals surface area contributed by atoms with Gasteiger partial charge in [0.25, 0.3) is 11.7 Å². The summed E-state index contributed by atoms with van der Waals surface area (Å²) in [5.41, 5.74) is 1.27. The number of aliphatic hydroxyl groups is 1. The molecule has 188 valence electrons. The molecule has 1 heterocycles. The van der Waals surface area contributed by atoms with Gasteiger partial charge in [-0.3, -0.25) is 9.59 Å². The number of likely N-dealkylation sites (N-methyl/N-ethyl adjacent to an activating group) is 1. The van der Waals surface area contributed by atoms with E-state index < -0.39 is 17.7 Å². The van der Waals surface area contributed by atoms with E-state index in [0.717, 1.165) is 25.1 Å². The number of amides is 1. The van der Waals surface area contributed by atoms with Gasteiger partial charge >= 0.3 is 0 Å². The second-order valence-corrected chi connectivity index (χ2v) is 8.40. The van der Waals surface area contributed by atoms with Gasteiger partial charge in [-0.15, -0.1) is 0 Å². The van der Waals surface area contributed by atoms with Crippen molar-refractivity contribution in [3.8, 4) is 11.5 Å².